The molecule has 0 saturated heterocycles. The highest BCUT2D eigenvalue weighted by Gasteiger charge is 2.40. The third-order valence-corrected chi connectivity index (χ3v) is 5.33. The van der Waals surface area contributed by atoms with Crippen LogP contribution in [0.5, 0.6) is 0 Å². The van der Waals surface area contributed by atoms with E-state index in [9.17, 15) is 5.26 Å². The van der Waals surface area contributed by atoms with Crippen molar-refractivity contribution in [1.82, 2.24) is 5.32 Å². The predicted octanol–water partition coefficient (Wildman–Crippen LogP) is 3.64. The molecule has 2 aliphatic rings. The first-order chi connectivity index (χ1) is 9.58. The van der Waals surface area contributed by atoms with E-state index in [0.717, 1.165) is 44.1 Å². The van der Waals surface area contributed by atoms with Crippen LogP contribution in [0.25, 0.3) is 0 Å². The second kappa shape index (κ2) is 6.91. The molecule has 5 unspecified atom stereocenters. The van der Waals surface area contributed by atoms with Crippen molar-refractivity contribution in [3.05, 3.63) is 0 Å². The van der Waals surface area contributed by atoms with Gasteiger partial charge in [0.1, 0.15) is 5.54 Å². The number of ether oxygens (including phenoxy) is 1. The first-order valence-electron chi connectivity index (χ1n) is 8.40. The van der Waals surface area contributed by atoms with Gasteiger partial charge in [0, 0.05) is 6.42 Å². The topological polar surface area (TPSA) is 45.0 Å². The summed E-state index contributed by atoms with van der Waals surface area (Å²) in [5.74, 6) is 1.61. The van der Waals surface area contributed by atoms with Gasteiger partial charge in [-0.3, -0.25) is 5.32 Å². The summed E-state index contributed by atoms with van der Waals surface area (Å²) in [6.45, 7) is 7.77. The van der Waals surface area contributed by atoms with E-state index in [-0.39, 0.29) is 11.6 Å². The van der Waals surface area contributed by atoms with Crippen LogP contribution >= 0.6 is 0 Å². The van der Waals surface area contributed by atoms with Gasteiger partial charge in [0.05, 0.1) is 18.3 Å². The third kappa shape index (κ3) is 3.74. The normalized spacial score (nSPS) is 41.5. The Morgan fingerprint density at radius 1 is 1.20 bits per heavy atom. The Labute approximate surface area is 124 Å². The smallest absolute Gasteiger partial charge is 0.109 e. The highest BCUT2D eigenvalue weighted by atomic mass is 16.5. The molecule has 0 aromatic heterocycles. The lowest BCUT2D eigenvalue weighted by Gasteiger charge is -2.33. The minimum atomic E-state index is -0.325. The van der Waals surface area contributed by atoms with Crippen molar-refractivity contribution < 1.29 is 4.74 Å². The van der Waals surface area contributed by atoms with Crippen LogP contribution in [-0.4, -0.2) is 24.3 Å². The Morgan fingerprint density at radius 3 is 2.65 bits per heavy atom. The van der Waals surface area contributed by atoms with E-state index in [1.165, 1.54) is 19.3 Å². The average molecular weight is 278 g/mol. The minimum absolute atomic E-state index is 0.282. The molecule has 20 heavy (non-hydrogen) atoms. The van der Waals surface area contributed by atoms with Gasteiger partial charge in [-0.25, -0.2) is 0 Å². The number of hydrogen-bond acceptors (Lipinski definition) is 3. The van der Waals surface area contributed by atoms with E-state index in [4.69, 9.17) is 4.74 Å². The molecule has 2 aliphatic carbocycles. The molecule has 0 amide bonds. The minimum Gasteiger partial charge on any atom is -0.375 e. The van der Waals surface area contributed by atoms with E-state index in [0.29, 0.717) is 6.10 Å². The number of hydrogen-bond donors (Lipinski definition) is 1. The van der Waals surface area contributed by atoms with Crippen LogP contribution in [0, 0.1) is 23.2 Å². The summed E-state index contributed by atoms with van der Waals surface area (Å²) in [5.41, 5.74) is -0.325. The summed E-state index contributed by atoms with van der Waals surface area (Å²) in [6, 6.07) is 2.50. The zero-order valence-corrected chi connectivity index (χ0v) is 13.3. The van der Waals surface area contributed by atoms with E-state index in [1.807, 2.05) is 0 Å². The SMILES string of the molecule is CCCNC1(C#N)CCC(OC2CCC(C)C(C)C2)C1. The van der Waals surface area contributed by atoms with Crippen LogP contribution in [0.2, 0.25) is 0 Å². The quantitative estimate of drug-likeness (QED) is 0.835. The maximum Gasteiger partial charge on any atom is 0.109 e. The zero-order valence-electron chi connectivity index (χ0n) is 13.3. The Kier molecular flexibility index (Phi) is 5.46. The molecule has 0 spiro atoms. The largest absolute Gasteiger partial charge is 0.375 e. The van der Waals surface area contributed by atoms with Gasteiger partial charge in [-0.05, 0) is 56.9 Å². The average Bonchev–Trinajstić information content (AvgIpc) is 2.85. The van der Waals surface area contributed by atoms with E-state index in [2.05, 4.69) is 32.2 Å². The third-order valence-electron chi connectivity index (χ3n) is 5.33. The van der Waals surface area contributed by atoms with Crippen LogP contribution in [0.15, 0.2) is 0 Å². The molecule has 0 aliphatic heterocycles. The summed E-state index contributed by atoms with van der Waals surface area (Å²) < 4.78 is 6.32. The number of nitrogens with zero attached hydrogens (tertiary/aromatic N) is 1. The van der Waals surface area contributed by atoms with Crippen LogP contribution in [0.1, 0.15) is 65.7 Å². The zero-order chi connectivity index (χ0) is 14.6. The fraction of sp³-hybridized carbons (Fsp3) is 0.941. The van der Waals surface area contributed by atoms with Gasteiger partial charge in [0.15, 0.2) is 0 Å². The lowest BCUT2D eigenvalue weighted by molar-refractivity contribution is -0.0455. The molecule has 0 bridgehead atoms. The van der Waals surface area contributed by atoms with Gasteiger partial charge in [0.25, 0.3) is 0 Å². The molecule has 2 rings (SSSR count). The first kappa shape index (κ1) is 15.8. The summed E-state index contributed by atoms with van der Waals surface area (Å²) in [5, 5.41) is 12.9. The highest BCUT2D eigenvalue weighted by Crippen LogP contribution is 2.36. The molecule has 0 heterocycles. The van der Waals surface area contributed by atoms with Crippen molar-refractivity contribution in [1.29, 1.82) is 5.26 Å². The Bertz CT molecular complexity index is 351. The molecule has 5 atom stereocenters. The van der Waals surface area contributed by atoms with Crippen LogP contribution in [0.4, 0.5) is 0 Å². The number of nitriles is 1. The summed E-state index contributed by atoms with van der Waals surface area (Å²) in [7, 11) is 0. The molecule has 2 saturated carbocycles. The molecule has 0 aromatic carbocycles. The molecule has 114 valence electrons. The molecular formula is C17H30N2O. The van der Waals surface area contributed by atoms with Gasteiger partial charge >= 0.3 is 0 Å². The maximum atomic E-state index is 9.48. The van der Waals surface area contributed by atoms with Gasteiger partial charge < -0.3 is 4.74 Å². The molecule has 0 aromatic rings. The van der Waals surface area contributed by atoms with Crippen molar-refractivity contribution >= 4 is 0 Å². The standard InChI is InChI=1S/C17H30N2O/c1-4-9-19-17(12-18)8-7-16(11-17)20-15-6-5-13(2)14(3)10-15/h13-16,19H,4-11H2,1-3H3. The van der Waals surface area contributed by atoms with Gasteiger partial charge in [-0.15, -0.1) is 0 Å². The number of rotatable bonds is 5. The Hall–Kier alpha value is -0.590. The Balaban J connectivity index is 1.82. The lowest BCUT2D eigenvalue weighted by Crippen LogP contribution is -2.42. The highest BCUT2D eigenvalue weighted by molar-refractivity contribution is 5.12. The van der Waals surface area contributed by atoms with E-state index >= 15 is 0 Å². The molecule has 2 fully saturated rings. The van der Waals surface area contributed by atoms with Gasteiger partial charge in [0.2, 0.25) is 0 Å². The fourth-order valence-electron chi connectivity index (χ4n) is 3.68. The maximum absolute atomic E-state index is 9.48. The summed E-state index contributed by atoms with van der Waals surface area (Å²) in [4.78, 5) is 0. The summed E-state index contributed by atoms with van der Waals surface area (Å²) in [6.07, 6.45) is 8.30. The van der Waals surface area contributed by atoms with Crippen LogP contribution in [-0.2, 0) is 4.74 Å². The van der Waals surface area contributed by atoms with Crippen LogP contribution < -0.4 is 5.32 Å². The Morgan fingerprint density at radius 2 is 2.00 bits per heavy atom. The summed E-state index contributed by atoms with van der Waals surface area (Å²) >= 11 is 0. The van der Waals surface area contributed by atoms with E-state index in [1.54, 1.807) is 0 Å². The van der Waals surface area contributed by atoms with E-state index < -0.39 is 0 Å². The second-order valence-electron chi connectivity index (χ2n) is 7.01. The molecule has 3 heteroatoms. The molecule has 1 N–H and O–H groups in total. The lowest BCUT2D eigenvalue weighted by atomic mass is 9.80. The van der Waals surface area contributed by atoms with Crippen molar-refractivity contribution in [3.8, 4) is 6.07 Å². The molecular weight excluding hydrogens is 248 g/mol. The molecule has 3 nitrogen and oxygen atoms in total. The van der Waals surface area contributed by atoms with Gasteiger partial charge in [-0.2, -0.15) is 5.26 Å². The van der Waals surface area contributed by atoms with Crippen LogP contribution in [0.3, 0.4) is 0 Å². The number of nitrogens with one attached hydrogen (secondary N) is 1. The van der Waals surface area contributed by atoms with Crippen molar-refractivity contribution in [2.45, 2.75) is 83.5 Å². The predicted molar refractivity (Wildman–Crippen MR) is 81.3 cm³/mol. The van der Waals surface area contributed by atoms with Gasteiger partial charge in [-0.1, -0.05) is 20.8 Å². The fourth-order valence-corrected chi connectivity index (χ4v) is 3.68. The second-order valence-corrected chi connectivity index (χ2v) is 7.01. The van der Waals surface area contributed by atoms with Crippen molar-refractivity contribution in [2.24, 2.45) is 11.8 Å². The van der Waals surface area contributed by atoms with Crippen molar-refractivity contribution in [3.63, 3.8) is 0 Å². The molecule has 0 radical (unpaired) electrons. The monoisotopic (exact) mass is 278 g/mol. The van der Waals surface area contributed by atoms with Crippen molar-refractivity contribution in [2.75, 3.05) is 6.54 Å². The first-order valence-corrected chi connectivity index (χ1v) is 8.40.